The summed E-state index contributed by atoms with van der Waals surface area (Å²) in [5.41, 5.74) is 6.32. The van der Waals surface area contributed by atoms with Crippen LogP contribution < -0.4 is 16.1 Å². The number of hydrogen-bond acceptors (Lipinski definition) is 4. The highest BCUT2D eigenvalue weighted by Gasteiger charge is 2.13. The van der Waals surface area contributed by atoms with Gasteiger partial charge in [-0.1, -0.05) is 0 Å². The van der Waals surface area contributed by atoms with Crippen LogP contribution in [0.3, 0.4) is 0 Å². The molecule has 82 valence electrons. The van der Waals surface area contributed by atoms with Crippen LogP contribution in [0.5, 0.6) is 0 Å². The second kappa shape index (κ2) is 3.84. The van der Waals surface area contributed by atoms with Crippen molar-refractivity contribution in [1.82, 2.24) is 4.73 Å². The fourth-order valence-electron chi connectivity index (χ4n) is 1.94. The summed E-state index contributed by atoms with van der Waals surface area (Å²) in [6.45, 7) is 1.91. The number of pyridine rings is 1. The highest BCUT2D eigenvalue weighted by molar-refractivity contribution is 5.48. The number of nitrogen functional groups attached to an aromatic ring is 1. The average Bonchev–Trinajstić information content (AvgIpc) is 2.27. The second-order valence-electron chi connectivity index (χ2n) is 3.85. The van der Waals surface area contributed by atoms with E-state index in [2.05, 4.69) is 4.90 Å². The molecule has 0 atom stereocenters. The third-order valence-electron chi connectivity index (χ3n) is 2.81. The fraction of sp³-hybridized carbons (Fsp3) is 0.500. The van der Waals surface area contributed by atoms with Gasteiger partial charge in [0.15, 0.2) is 5.49 Å². The number of hydrogen-bond donors (Lipinski definition) is 3. The first-order valence-electron chi connectivity index (χ1n) is 5.20. The molecule has 5 heteroatoms. The Labute approximate surface area is 88.2 Å². The Bertz CT molecular complexity index is 406. The lowest BCUT2D eigenvalue weighted by molar-refractivity contribution is 0.177. The Kier molecular flexibility index (Phi) is 2.53. The van der Waals surface area contributed by atoms with Crippen molar-refractivity contribution in [3.05, 3.63) is 17.6 Å². The predicted molar refractivity (Wildman–Crippen MR) is 57.9 cm³/mol. The number of nitrogens with two attached hydrogens (primary N) is 1. The van der Waals surface area contributed by atoms with E-state index < -0.39 is 0 Å². The van der Waals surface area contributed by atoms with Crippen molar-refractivity contribution in [2.75, 3.05) is 23.7 Å². The molecule has 5 nitrogen and oxygen atoms in total. The molecule has 1 aliphatic rings. The van der Waals surface area contributed by atoms with Crippen molar-refractivity contribution in [1.29, 1.82) is 5.41 Å². The molecule has 15 heavy (non-hydrogen) atoms. The van der Waals surface area contributed by atoms with E-state index in [1.54, 1.807) is 12.1 Å². The van der Waals surface area contributed by atoms with Gasteiger partial charge in [0, 0.05) is 13.1 Å². The zero-order valence-electron chi connectivity index (χ0n) is 8.61. The number of piperidine rings is 1. The first-order valence-corrected chi connectivity index (χ1v) is 5.20. The van der Waals surface area contributed by atoms with Gasteiger partial charge in [0.1, 0.15) is 5.82 Å². The molecular weight excluding hydrogens is 192 g/mol. The van der Waals surface area contributed by atoms with Crippen LogP contribution in [0.2, 0.25) is 0 Å². The highest BCUT2D eigenvalue weighted by atomic mass is 16.5. The van der Waals surface area contributed by atoms with E-state index >= 15 is 0 Å². The Hall–Kier alpha value is -1.65. The third kappa shape index (κ3) is 1.77. The van der Waals surface area contributed by atoms with Gasteiger partial charge in [-0.05, 0) is 31.4 Å². The van der Waals surface area contributed by atoms with Gasteiger partial charge in [-0.25, -0.2) is 0 Å². The molecule has 4 N–H and O–H groups in total. The van der Waals surface area contributed by atoms with Gasteiger partial charge in [-0.2, -0.15) is 4.73 Å². The minimum atomic E-state index is 0.0666. The first kappa shape index (κ1) is 9.89. The Morgan fingerprint density at radius 3 is 2.53 bits per heavy atom. The molecule has 1 aliphatic heterocycles. The van der Waals surface area contributed by atoms with Crippen LogP contribution in [0.4, 0.5) is 11.5 Å². The monoisotopic (exact) mass is 208 g/mol. The van der Waals surface area contributed by atoms with E-state index in [9.17, 15) is 5.21 Å². The summed E-state index contributed by atoms with van der Waals surface area (Å²) in [4.78, 5) is 2.12. The maximum absolute atomic E-state index is 9.50. The Morgan fingerprint density at radius 1 is 1.20 bits per heavy atom. The minimum absolute atomic E-state index is 0.0666. The van der Waals surface area contributed by atoms with Gasteiger partial charge in [0.25, 0.3) is 0 Å². The molecule has 0 aliphatic carbocycles. The van der Waals surface area contributed by atoms with Gasteiger partial charge < -0.3 is 15.8 Å². The summed E-state index contributed by atoms with van der Waals surface area (Å²) in [7, 11) is 0. The van der Waals surface area contributed by atoms with Crippen molar-refractivity contribution in [2.24, 2.45) is 0 Å². The number of rotatable bonds is 1. The number of anilines is 2. The molecule has 0 radical (unpaired) electrons. The van der Waals surface area contributed by atoms with Crippen LogP contribution in [0, 0.1) is 5.41 Å². The summed E-state index contributed by atoms with van der Waals surface area (Å²) in [5, 5.41) is 17.3. The van der Waals surface area contributed by atoms with Crippen molar-refractivity contribution >= 4 is 11.5 Å². The summed E-state index contributed by atoms with van der Waals surface area (Å²) in [6, 6.07) is 3.43. The van der Waals surface area contributed by atoms with Gasteiger partial charge in [-0.3, -0.25) is 5.41 Å². The molecule has 0 spiro atoms. The maximum atomic E-state index is 9.50. The van der Waals surface area contributed by atoms with Crippen molar-refractivity contribution < 1.29 is 5.21 Å². The van der Waals surface area contributed by atoms with Gasteiger partial charge >= 0.3 is 0 Å². The number of nitrogens with one attached hydrogen (secondary N) is 1. The summed E-state index contributed by atoms with van der Waals surface area (Å²) in [6.07, 6.45) is 3.54. The first-order chi connectivity index (χ1) is 7.20. The minimum Gasteiger partial charge on any atom is -0.425 e. The van der Waals surface area contributed by atoms with E-state index in [1.807, 2.05) is 0 Å². The molecule has 2 rings (SSSR count). The molecule has 1 aromatic heterocycles. The molecular formula is C10H16N4O. The molecule has 1 fully saturated rings. The Morgan fingerprint density at radius 2 is 1.87 bits per heavy atom. The van der Waals surface area contributed by atoms with E-state index in [4.69, 9.17) is 11.1 Å². The zero-order valence-corrected chi connectivity index (χ0v) is 8.61. The van der Waals surface area contributed by atoms with E-state index in [-0.39, 0.29) is 11.3 Å². The normalized spacial score (nSPS) is 16.7. The quantitative estimate of drug-likeness (QED) is 0.597. The maximum Gasteiger partial charge on any atom is 0.186 e. The number of nitrogens with zero attached hydrogens (tertiary/aromatic N) is 2. The lowest BCUT2D eigenvalue weighted by atomic mass is 10.1. The summed E-state index contributed by atoms with van der Waals surface area (Å²) in [5.74, 6) is 0.195. The zero-order chi connectivity index (χ0) is 10.8. The number of aromatic nitrogens is 1. The van der Waals surface area contributed by atoms with Crippen molar-refractivity contribution in [3.8, 4) is 0 Å². The fourth-order valence-corrected chi connectivity index (χ4v) is 1.94. The average molecular weight is 208 g/mol. The van der Waals surface area contributed by atoms with Crippen molar-refractivity contribution in [3.63, 3.8) is 0 Å². The topological polar surface area (TPSA) is 78.3 Å². The highest BCUT2D eigenvalue weighted by Crippen LogP contribution is 2.16. The lowest BCUT2D eigenvalue weighted by Crippen LogP contribution is -2.36. The van der Waals surface area contributed by atoms with Crippen LogP contribution in [-0.4, -0.2) is 23.0 Å². The largest absolute Gasteiger partial charge is 0.425 e. The molecule has 0 amide bonds. The van der Waals surface area contributed by atoms with Crippen LogP contribution in [0.25, 0.3) is 0 Å². The van der Waals surface area contributed by atoms with Crippen LogP contribution in [0.1, 0.15) is 19.3 Å². The van der Waals surface area contributed by atoms with Gasteiger partial charge in [0.2, 0.25) is 0 Å². The summed E-state index contributed by atoms with van der Waals surface area (Å²) >= 11 is 0. The molecule has 2 heterocycles. The SMILES string of the molecule is N=c1c(N2CCCCC2)ccc(N)n1O. The van der Waals surface area contributed by atoms with Gasteiger partial charge in [0.05, 0.1) is 5.69 Å². The lowest BCUT2D eigenvalue weighted by Gasteiger charge is -2.28. The van der Waals surface area contributed by atoms with Crippen LogP contribution >= 0.6 is 0 Å². The van der Waals surface area contributed by atoms with Crippen LogP contribution in [-0.2, 0) is 0 Å². The van der Waals surface area contributed by atoms with Crippen LogP contribution in [0.15, 0.2) is 12.1 Å². The second-order valence-corrected chi connectivity index (χ2v) is 3.85. The molecule has 0 aromatic carbocycles. The third-order valence-corrected chi connectivity index (χ3v) is 2.81. The molecule has 0 bridgehead atoms. The predicted octanol–water partition coefficient (Wildman–Crippen LogP) is 0.777. The summed E-state index contributed by atoms with van der Waals surface area (Å²) < 4.78 is 0.726. The van der Waals surface area contributed by atoms with Gasteiger partial charge in [-0.15, -0.1) is 0 Å². The molecule has 0 unspecified atom stereocenters. The van der Waals surface area contributed by atoms with E-state index in [1.165, 1.54) is 6.42 Å². The molecule has 1 saturated heterocycles. The standard InChI is InChI=1S/C10H16N4O/c11-9-5-4-8(10(12)14(9)15)13-6-2-1-3-7-13/h4-5,12,15H,1-3,6-7,11H2. The van der Waals surface area contributed by atoms with Crippen molar-refractivity contribution in [2.45, 2.75) is 19.3 Å². The Balaban J connectivity index is 2.35. The molecule has 1 aromatic rings. The van der Waals surface area contributed by atoms with E-state index in [0.717, 1.165) is 36.3 Å². The smallest absolute Gasteiger partial charge is 0.186 e. The van der Waals surface area contributed by atoms with E-state index in [0.29, 0.717) is 0 Å². The molecule has 0 saturated carbocycles.